The van der Waals surface area contributed by atoms with Crippen LogP contribution in [0.25, 0.3) is 0 Å². The molecular formula is C13H13BrN2O2S. The molecular weight excluding hydrogens is 328 g/mol. The number of aryl methyl sites for hydroxylation is 1. The predicted molar refractivity (Wildman–Crippen MR) is 82.1 cm³/mol. The zero-order valence-electron chi connectivity index (χ0n) is 10.5. The molecule has 6 heteroatoms. The summed E-state index contributed by atoms with van der Waals surface area (Å²) in [6, 6.07) is 5.41. The highest BCUT2D eigenvalue weighted by Gasteiger charge is 2.13. The average molecular weight is 341 g/mol. The summed E-state index contributed by atoms with van der Waals surface area (Å²) in [5.41, 5.74) is 8.06. The Hall–Kier alpha value is -1.53. The number of benzene rings is 1. The Balaban J connectivity index is 2.24. The van der Waals surface area contributed by atoms with Crippen LogP contribution in [0.1, 0.15) is 15.2 Å². The fourth-order valence-electron chi connectivity index (χ4n) is 1.62. The minimum absolute atomic E-state index is 0.204. The lowest BCUT2D eigenvalue weighted by molar-refractivity contribution is 0.103. The van der Waals surface area contributed by atoms with Crippen molar-refractivity contribution in [1.29, 1.82) is 0 Å². The number of methoxy groups -OCH3 is 1. The van der Waals surface area contributed by atoms with Gasteiger partial charge in [0, 0.05) is 15.9 Å². The van der Waals surface area contributed by atoms with E-state index in [1.54, 1.807) is 18.6 Å². The number of anilines is 2. The van der Waals surface area contributed by atoms with Gasteiger partial charge in [-0.3, -0.25) is 4.79 Å². The summed E-state index contributed by atoms with van der Waals surface area (Å²) in [7, 11) is 1.57. The van der Waals surface area contributed by atoms with Gasteiger partial charge in [-0.15, -0.1) is 11.3 Å². The van der Waals surface area contributed by atoms with Crippen molar-refractivity contribution in [2.24, 2.45) is 0 Å². The summed E-state index contributed by atoms with van der Waals surface area (Å²) >= 11 is 4.73. The van der Waals surface area contributed by atoms with E-state index in [2.05, 4.69) is 21.2 Å². The van der Waals surface area contributed by atoms with Crippen LogP contribution >= 0.6 is 27.3 Å². The Bertz CT molecular complexity index is 602. The van der Waals surface area contributed by atoms with Crippen molar-refractivity contribution in [1.82, 2.24) is 0 Å². The largest absolute Gasteiger partial charge is 0.496 e. The summed E-state index contributed by atoms with van der Waals surface area (Å²) in [4.78, 5) is 12.7. The SMILES string of the molecule is COc1csc(C(=O)Nc2c(N)cc(C)cc2Br)c1. The maximum absolute atomic E-state index is 12.1. The standard InChI is InChI=1S/C13H13BrN2O2S/c1-7-3-9(14)12(10(15)4-7)16-13(17)11-5-8(18-2)6-19-11/h3-6H,15H2,1-2H3,(H,16,17). The first-order valence-corrected chi connectivity index (χ1v) is 7.18. The first-order chi connectivity index (χ1) is 9.01. The van der Waals surface area contributed by atoms with Crippen molar-refractivity contribution >= 4 is 44.5 Å². The average Bonchev–Trinajstić information content (AvgIpc) is 2.82. The van der Waals surface area contributed by atoms with Gasteiger partial charge >= 0.3 is 0 Å². The highest BCUT2D eigenvalue weighted by Crippen LogP contribution is 2.31. The van der Waals surface area contributed by atoms with Crippen LogP contribution in [0.5, 0.6) is 5.75 Å². The van der Waals surface area contributed by atoms with E-state index in [0.717, 1.165) is 10.0 Å². The molecule has 0 saturated carbocycles. The number of nitrogen functional groups attached to an aromatic ring is 1. The number of nitrogens with one attached hydrogen (secondary N) is 1. The maximum atomic E-state index is 12.1. The second-order valence-corrected chi connectivity index (χ2v) is 5.78. The summed E-state index contributed by atoms with van der Waals surface area (Å²) in [6.07, 6.45) is 0. The maximum Gasteiger partial charge on any atom is 0.265 e. The predicted octanol–water partition coefficient (Wildman–Crippen LogP) is 3.66. The van der Waals surface area contributed by atoms with E-state index in [1.807, 2.05) is 19.1 Å². The minimum atomic E-state index is -0.204. The number of nitrogens with two attached hydrogens (primary N) is 1. The van der Waals surface area contributed by atoms with Crippen LogP contribution in [0.4, 0.5) is 11.4 Å². The Morgan fingerprint density at radius 3 is 2.74 bits per heavy atom. The number of hydrogen-bond donors (Lipinski definition) is 2. The third kappa shape index (κ3) is 3.08. The highest BCUT2D eigenvalue weighted by atomic mass is 79.9. The van der Waals surface area contributed by atoms with Gasteiger partial charge < -0.3 is 15.8 Å². The van der Waals surface area contributed by atoms with Crippen LogP contribution in [-0.2, 0) is 0 Å². The molecule has 0 fully saturated rings. The smallest absolute Gasteiger partial charge is 0.265 e. The van der Waals surface area contributed by atoms with Gasteiger partial charge in [0.1, 0.15) is 5.75 Å². The monoisotopic (exact) mass is 340 g/mol. The first-order valence-electron chi connectivity index (χ1n) is 5.50. The molecule has 1 amide bonds. The van der Waals surface area contributed by atoms with Crippen LogP contribution in [0, 0.1) is 6.92 Å². The fourth-order valence-corrected chi connectivity index (χ4v) is 3.06. The summed E-state index contributed by atoms with van der Waals surface area (Å²) in [5.74, 6) is 0.468. The van der Waals surface area contributed by atoms with E-state index in [1.165, 1.54) is 11.3 Å². The molecule has 1 heterocycles. The van der Waals surface area contributed by atoms with Crippen LogP contribution < -0.4 is 15.8 Å². The lowest BCUT2D eigenvalue weighted by atomic mass is 10.2. The second-order valence-electron chi connectivity index (χ2n) is 4.02. The highest BCUT2D eigenvalue weighted by molar-refractivity contribution is 9.10. The molecule has 0 spiro atoms. The lowest BCUT2D eigenvalue weighted by Gasteiger charge is -2.10. The Morgan fingerprint density at radius 1 is 1.42 bits per heavy atom. The van der Waals surface area contributed by atoms with Crippen LogP contribution in [0.3, 0.4) is 0 Å². The normalized spacial score (nSPS) is 10.3. The van der Waals surface area contributed by atoms with Gasteiger partial charge in [-0.25, -0.2) is 0 Å². The zero-order valence-corrected chi connectivity index (χ0v) is 12.9. The fraction of sp³-hybridized carbons (Fsp3) is 0.154. The van der Waals surface area contributed by atoms with Gasteiger partial charge in [-0.1, -0.05) is 0 Å². The molecule has 0 unspecified atom stereocenters. The first kappa shape index (κ1) is 13.9. The molecule has 100 valence electrons. The number of halogens is 1. The zero-order chi connectivity index (χ0) is 14.0. The minimum Gasteiger partial charge on any atom is -0.496 e. The van der Waals surface area contributed by atoms with E-state index in [-0.39, 0.29) is 5.91 Å². The van der Waals surface area contributed by atoms with E-state index in [0.29, 0.717) is 22.0 Å². The second kappa shape index (κ2) is 5.63. The number of carbonyl (C=O) groups excluding carboxylic acids is 1. The van der Waals surface area contributed by atoms with Gasteiger partial charge in [-0.2, -0.15) is 0 Å². The lowest BCUT2D eigenvalue weighted by Crippen LogP contribution is -2.12. The van der Waals surface area contributed by atoms with Crippen LogP contribution in [0.2, 0.25) is 0 Å². The topological polar surface area (TPSA) is 64.3 Å². The summed E-state index contributed by atoms with van der Waals surface area (Å²) in [6.45, 7) is 1.94. The van der Waals surface area contributed by atoms with Gasteiger partial charge in [-0.05, 0) is 40.5 Å². The molecule has 0 aliphatic rings. The molecule has 2 rings (SSSR count). The molecule has 1 aromatic carbocycles. The van der Waals surface area contributed by atoms with Crippen molar-refractivity contribution in [2.45, 2.75) is 6.92 Å². The van der Waals surface area contributed by atoms with Crippen molar-refractivity contribution in [3.05, 3.63) is 38.5 Å². The molecule has 0 saturated heterocycles. The van der Waals surface area contributed by atoms with Gasteiger partial charge in [0.25, 0.3) is 5.91 Å². The number of amides is 1. The Kier molecular flexibility index (Phi) is 4.11. The van der Waals surface area contributed by atoms with Gasteiger partial charge in [0.15, 0.2) is 0 Å². The van der Waals surface area contributed by atoms with Crippen molar-refractivity contribution < 1.29 is 9.53 Å². The molecule has 0 aliphatic carbocycles. The number of ether oxygens (including phenoxy) is 1. The van der Waals surface area contributed by atoms with E-state index in [9.17, 15) is 4.79 Å². The van der Waals surface area contributed by atoms with E-state index < -0.39 is 0 Å². The quantitative estimate of drug-likeness (QED) is 0.838. The van der Waals surface area contributed by atoms with Crippen molar-refractivity contribution in [3.63, 3.8) is 0 Å². The number of hydrogen-bond acceptors (Lipinski definition) is 4. The third-order valence-electron chi connectivity index (χ3n) is 2.54. The van der Waals surface area contributed by atoms with E-state index in [4.69, 9.17) is 10.5 Å². The molecule has 3 N–H and O–H groups in total. The number of rotatable bonds is 3. The molecule has 0 bridgehead atoms. The number of thiophene rings is 1. The Morgan fingerprint density at radius 2 is 2.16 bits per heavy atom. The number of carbonyl (C=O) groups is 1. The molecule has 2 aromatic rings. The van der Waals surface area contributed by atoms with E-state index >= 15 is 0 Å². The molecule has 4 nitrogen and oxygen atoms in total. The molecule has 0 radical (unpaired) electrons. The molecule has 0 atom stereocenters. The van der Waals surface area contributed by atoms with Crippen LogP contribution in [-0.4, -0.2) is 13.0 Å². The van der Waals surface area contributed by atoms with Gasteiger partial charge in [0.05, 0.1) is 23.4 Å². The molecule has 19 heavy (non-hydrogen) atoms. The third-order valence-corrected chi connectivity index (χ3v) is 4.07. The van der Waals surface area contributed by atoms with Crippen molar-refractivity contribution in [2.75, 3.05) is 18.2 Å². The van der Waals surface area contributed by atoms with Crippen molar-refractivity contribution in [3.8, 4) is 5.75 Å². The summed E-state index contributed by atoms with van der Waals surface area (Å²) in [5, 5.41) is 4.58. The van der Waals surface area contributed by atoms with Gasteiger partial charge in [0.2, 0.25) is 0 Å². The Labute approximate surface area is 123 Å². The summed E-state index contributed by atoms with van der Waals surface area (Å²) < 4.78 is 5.82. The molecule has 0 aliphatic heterocycles. The van der Waals surface area contributed by atoms with Crippen LogP contribution in [0.15, 0.2) is 28.1 Å². The molecule has 1 aromatic heterocycles.